The van der Waals surface area contributed by atoms with E-state index in [1.807, 2.05) is 37.3 Å². The second kappa shape index (κ2) is 13.9. The van der Waals surface area contributed by atoms with Gasteiger partial charge >= 0.3 is 0 Å². The lowest BCUT2D eigenvalue weighted by Crippen LogP contribution is -2.38. The number of halogens is 1. The number of amides is 1. The molecule has 0 aliphatic rings. The van der Waals surface area contributed by atoms with E-state index < -0.39 is 5.91 Å². The van der Waals surface area contributed by atoms with E-state index in [0.29, 0.717) is 18.7 Å². The lowest BCUT2D eigenvalue weighted by atomic mass is 10.1. The van der Waals surface area contributed by atoms with Crippen molar-refractivity contribution in [3.8, 4) is 0 Å². The molecule has 0 fully saturated rings. The van der Waals surface area contributed by atoms with Crippen LogP contribution >= 0.6 is 24.0 Å². The summed E-state index contributed by atoms with van der Waals surface area (Å²) in [5, 5.41) is 6.53. The molecule has 0 saturated heterocycles. The average molecular weight is 510 g/mol. The van der Waals surface area contributed by atoms with Crippen molar-refractivity contribution < 1.29 is 9.53 Å². The molecule has 1 atom stereocenters. The van der Waals surface area contributed by atoms with E-state index in [1.165, 1.54) is 5.56 Å². The minimum atomic E-state index is -0.430. The number of guanidine groups is 1. The summed E-state index contributed by atoms with van der Waals surface area (Å²) in [6.45, 7) is 6.76. The van der Waals surface area contributed by atoms with Crippen LogP contribution in [-0.2, 0) is 11.3 Å². The fourth-order valence-electron chi connectivity index (χ4n) is 2.69. The summed E-state index contributed by atoms with van der Waals surface area (Å²) in [5.74, 6) is 0.309. The number of nitrogens with two attached hydrogens (primary N) is 1. The normalized spacial score (nSPS) is 12.0. The third-order valence-electron chi connectivity index (χ3n) is 4.23. The molecule has 2 aromatic rings. The first-order valence-electron chi connectivity index (χ1n) is 9.67. The molecule has 0 aromatic heterocycles. The summed E-state index contributed by atoms with van der Waals surface area (Å²) in [7, 11) is 0. The second-order valence-electron chi connectivity index (χ2n) is 6.46. The maximum atomic E-state index is 11.3. The Morgan fingerprint density at radius 2 is 1.90 bits per heavy atom. The van der Waals surface area contributed by atoms with Gasteiger partial charge in [0, 0.05) is 25.3 Å². The Labute approximate surface area is 190 Å². The molecule has 1 unspecified atom stereocenters. The molecule has 0 saturated carbocycles. The van der Waals surface area contributed by atoms with Gasteiger partial charge in [-0.05, 0) is 43.5 Å². The van der Waals surface area contributed by atoms with Crippen molar-refractivity contribution in [2.24, 2.45) is 10.7 Å². The first kappa shape index (κ1) is 24.9. The molecule has 0 bridgehead atoms. The van der Waals surface area contributed by atoms with Crippen molar-refractivity contribution in [3.63, 3.8) is 0 Å². The lowest BCUT2D eigenvalue weighted by molar-refractivity contribution is 0.0646. The maximum Gasteiger partial charge on any atom is 0.248 e. The molecule has 6 nitrogen and oxygen atoms in total. The quantitative estimate of drug-likeness (QED) is 0.197. The molecule has 0 aliphatic carbocycles. The Morgan fingerprint density at radius 1 is 1.14 bits per heavy atom. The fraction of sp³-hybridized carbons (Fsp3) is 0.364. The van der Waals surface area contributed by atoms with Gasteiger partial charge in [0.15, 0.2) is 5.96 Å². The maximum absolute atomic E-state index is 11.3. The zero-order valence-corrected chi connectivity index (χ0v) is 19.4. The lowest BCUT2D eigenvalue weighted by Gasteiger charge is -2.14. The number of hydrogen-bond acceptors (Lipinski definition) is 3. The van der Waals surface area contributed by atoms with Gasteiger partial charge in [-0.2, -0.15) is 0 Å². The van der Waals surface area contributed by atoms with Crippen LogP contribution in [0, 0.1) is 0 Å². The highest BCUT2D eigenvalue weighted by Gasteiger charge is 2.05. The molecule has 0 aliphatic heterocycles. The van der Waals surface area contributed by atoms with Gasteiger partial charge in [-0.15, -0.1) is 24.0 Å². The first-order valence-corrected chi connectivity index (χ1v) is 9.67. The zero-order chi connectivity index (χ0) is 20.2. The monoisotopic (exact) mass is 510 g/mol. The average Bonchev–Trinajstić information content (AvgIpc) is 2.72. The number of rotatable bonds is 10. The standard InChI is InChI=1S/C22H30N4O2.HI/c1-3-24-22(26-16-18-9-7-12-20(15-18)21(23)27)25-13-8-14-28-17(2)19-10-5-4-6-11-19;/h4-7,9-12,15,17H,3,8,13-14,16H2,1-2H3,(H2,23,27)(H2,24,25,26);1H. The summed E-state index contributed by atoms with van der Waals surface area (Å²) in [6.07, 6.45) is 0.958. The van der Waals surface area contributed by atoms with Gasteiger partial charge in [0.05, 0.1) is 12.6 Å². The Kier molecular flexibility index (Phi) is 12.0. The second-order valence-corrected chi connectivity index (χ2v) is 6.46. The highest BCUT2D eigenvalue weighted by molar-refractivity contribution is 14.0. The van der Waals surface area contributed by atoms with Crippen LogP contribution in [0.1, 0.15) is 47.9 Å². The Morgan fingerprint density at radius 3 is 2.59 bits per heavy atom. The molecule has 4 N–H and O–H groups in total. The van der Waals surface area contributed by atoms with Crippen molar-refractivity contribution in [2.45, 2.75) is 32.9 Å². The summed E-state index contributed by atoms with van der Waals surface area (Å²) in [5.41, 5.74) is 7.95. The van der Waals surface area contributed by atoms with Gasteiger partial charge in [0.1, 0.15) is 0 Å². The molecule has 0 heterocycles. The van der Waals surface area contributed by atoms with Crippen LogP contribution in [-0.4, -0.2) is 31.6 Å². The summed E-state index contributed by atoms with van der Waals surface area (Å²) >= 11 is 0. The molecule has 7 heteroatoms. The number of benzene rings is 2. The van der Waals surface area contributed by atoms with Crippen LogP contribution in [0.4, 0.5) is 0 Å². The highest BCUT2D eigenvalue weighted by Crippen LogP contribution is 2.15. The minimum absolute atomic E-state index is 0. The van der Waals surface area contributed by atoms with Crippen molar-refractivity contribution in [2.75, 3.05) is 19.7 Å². The first-order chi connectivity index (χ1) is 13.6. The summed E-state index contributed by atoms with van der Waals surface area (Å²) < 4.78 is 5.89. The van der Waals surface area contributed by atoms with Crippen LogP contribution in [0.5, 0.6) is 0 Å². The third kappa shape index (κ3) is 9.27. The van der Waals surface area contributed by atoms with Crippen molar-refractivity contribution in [1.82, 2.24) is 10.6 Å². The number of nitrogens with zero attached hydrogens (tertiary/aromatic N) is 1. The molecular formula is C22H31IN4O2. The zero-order valence-electron chi connectivity index (χ0n) is 17.1. The van der Waals surface area contributed by atoms with E-state index in [0.717, 1.165) is 31.0 Å². The van der Waals surface area contributed by atoms with Gasteiger partial charge in [-0.1, -0.05) is 42.5 Å². The predicted octanol–water partition coefficient (Wildman–Crippen LogP) is 3.63. The number of aliphatic imine (C=N–C) groups is 1. The van der Waals surface area contributed by atoms with E-state index in [9.17, 15) is 4.79 Å². The largest absolute Gasteiger partial charge is 0.374 e. The highest BCUT2D eigenvalue weighted by atomic mass is 127. The fourth-order valence-corrected chi connectivity index (χ4v) is 2.69. The summed E-state index contributed by atoms with van der Waals surface area (Å²) in [4.78, 5) is 15.9. The van der Waals surface area contributed by atoms with Crippen molar-refractivity contribution in [1.29, 1.82) is 0 Å². The Balaban J connectivity index is 0.00000420. The molecule has 158 valence electrons. The number of nitrogens with one attached hydrogen (secondary N) is 2. The van der Waals surface area contributed by atoms with E-state index >= 15 is 0 Å². The van der Waals surface area contributed by atoms with Crippen LogP contribution in [0.3, 0.4) is 0 Å². The number of primary amides is 1. The number of carbonyl (C=O) groups is 1. The third-order valence-corrected chi connectivity index (χ3v) is 4.23. The van der Waals surface area contributed by atoms with E-state index in [4.69, 9.17) is 10.5 Å². The van der Waals surface area contributed by atoms with Gasteiger partial charge in [-0.3, -0.25) is 4.79 Å². The van der Waals surface area contributed by atoms with Crippen molar-refractivity contribution in [3.05, 3.63) is 71.3 Å². The van der Waals surface area contributed by atoms with E-state index in [-0.39, 0.29) is 30.1 Å². The Bertz CT molecular complexity index is 768. The van der Waals surface area contributed by atoms with E-state index in [2.05, 4.69) is 34.7 Å². The molecular weight excluding hydrogens is 479 g/mol. The Hall–Kier alpha value is -2.13. The molecule has 0 radical (unpaired) electrons. The predicted molar refractivity (Wildman–Crippen MR) is 129 cm³/mol. The van der Waals surface area contributed by atoms with Gasteiger partial charge in [-0.25, -0.2) is 4.99 Å². The molecule has 2 aromatic carbocycles. The minimum Gasteiger partial charge on any atom is -0.374 e. The van der Waals surface area contributed by atoms with Crippen LogP contribution in [0.2, 0.25) is 0 Å². The van der Waals surface area contributed by atoms with Crippen LogP contribution in [0.25, 0.3) is 0 Å². The van der Waals surface area contributed by atoms with Gasteiger partial charge < -0.3 is 21.1 Å². The van der Waals surface area contributed by atoms with Crippen LogP contribution in [0.15, 0.2) is 59.6 Å². The smallest absolute Gasteiger partial charge is 0.248 e. The van der Waals surface area contributed by atoms with Gasteiger partial charge in [0.25, 0.3) is 0 Å². The molecule has 1 amide bonds. The number of hydrogen-bond donors (Lipinski definition) is 3. The molecule has 29 heavy (non-hydrogen) atoms. The van der Waals surface area contributed by atoms with E-state index in [1.54, 1.807) is 12.1 Å². The van der Waals surface area contributed by atoms with Crippen LogP contribution < -0.4 is 16.4 Å². The number of carbonyl (C=O) groups excluding carboxylic acids is 1. The molecule has 0 spiro atoms. The van der Waals surface area contributed by atoms with Crippen molar-refractivity contribution >= 4 is 35.8 Å². The molecule has 2 rings (SSSR count). The summed E-state index contributed by atoms with van der Waals surface area (Å²) in [6, 6.07) is 17.4. The number of ether oxygens (including phenoxy) is 1. The topological polar surface area (TPSA) is 88.7 Å². The van der Waals surface area contributed by atoms with Gasteiger partial charge in [0.2, 0.25) is 5.91 Å². The SMILES string of the molecule is CCNC(=NCc1cccc(C(N)=O)c1)NCCCOC(C)c1ccccc1.I.